The van der Waals surface area contributed by atoms with Crippen molar-refractivity contribution >= 4 is 11.3 Å². The van der Waals surface area contributed by atoms with E-state index >= 15 is 0 Å². The number of aromatic nitrogens is 2. The average Bonchev–Trinajstić information content (AvgIpc) is 3.03. The number of rotatable bonds is 2. The highest BCUT2D eigenvalue weighted by atomic mass is 32.1. The molecular weight excluding hydrogens is 280 g/mol. The Bertz CT molecular complexity index is 759. The maximum atomic E-state index is 11.9. The first-order valence-corrected chi connectivity index (χ1v) is 6.89. The van der Waals surface area contributed by atoms with Crippen LogP contribution in [0.1, 0.15) is 6.04 Å². The normalized spacial score (nSPS) is 25.2. The summed E-state index contributed by atoms with van der Waals surface area (Å²) in [4.78, 5) is 26.7. The van der Waals surface area contributed by atoms with E-state index in [1.54, 1.807) is 12.1 Å². The Morgan fingerprint density at radius 3 is 2.65 bits per heavy atom. The molecule has 0 aliphatic heterocycles. The molecule has 3 atom stereocenters. The van der Waals surface area contributed by atoms with E-state index in [-0.39, 0.29) is 0 Å². The zero-order valence-electron chi connectivity index (χ0n) is 10.3. The molecule has 0 fully saturated rings. The summed E-state index contributed by atoms with van der Waals surface area (Å²) in [7, 11) is 0. The molecule has 104 valence electrons. The molecule has 0 aromatic carbocycles. The monoisotopic (exact) mass is 292 g/mol. The van der Waals surface area contributed by atoms with E-state index in [1.165, 1.54) is 28.2 Å². The molecule has 2 heterocycles. The van der Waals surface area contributed by atoms with Crippen LogP contribution >= 0.6 is 11.3 Å². The highest BCUT2D eigenvalue weighted by Crippen LogP contribution is 2.25. The molecule has 2 aromatic heterocycles. The van der Waals surface area contributed by atoms with Crippen molar-refractivity contribution in [2.75, 3.05) is 0 Å². The summed E-state index contributed by atoms with van der Waals surface area (Å²) in [6.07, 6.45) is 2.28. The van der Waals surface area contributed by atoms with Crippen LogP contribution in [-0.4, -0.2) is 32.0 Å². The number of H-pyrrole nitrogens is 1. The van der Waals surface area contributed by atoms with E-state index in [0.29, 0.717) is 5.56 Å². The second kappa shape index (κ2) is 4.86. The lowest BCUT2D eigenvalue weighted by Crippen LogP contribution is -2.37. The van der Waals surface area contributed by atoms with Gasteiger partial charge in [0.1, 0.15) is 12.2 Å². The fraction of sp³-hybridized carbons (Fsp3) is 0.231. The Hall–Kier alpha value is -1.96. The van der Waals surface area contributed by atoms with Gasteiger partial charge in [0.25, 0.3) is 5.56 Å². The number of thiophene rings is 1. The van der Waals surface area contributed by atoms with Gasteiger partial charge in [0.2, 0.25) is 0 Å². The second-order valence-corrected chi connectivity index (χ2v) is 5.49. The zero-order valence-corrected chi connectivity index (χ0v) is 11.1. The highest BCUT2D eigenvalue weighted by Gasteiger charge is 2.30. The van der Waals surface area contributed by atoms with Crippen LogP contribution in [0.25, 0.3) is 10.4 Å². The summed E-state index contributed by atoms with van der Waals surface area (Å²) in [5.41, 5.74) is -0.717. The molecule has 0 amide bonds. The van der Waals surface area contributed by atoms with Gasteiger partial charge in [0, 0.05) is 11.1 Å². The Labute approximate surface area is 117 Å². The number of aliphatic hydroxyl groups is 2. The van der Waals surface area contributed by atoms with Gasteiger partial charge < -0.3 is 10.2 Å². The Balaban J connectivity index is 2.13. The SMILES string of the molecule is O=c1[nH]c(=O)n([C@@H]2C=C[C@@H](O)[C@H]2O)cc1-c1cccs1. The summed E-state index contributed by atoms with van der Waals surface area (Å²) in [6, 6.07) is 2.90. The van der Waals surface area contributed by atoms with Crippen LogP contribution in [0.3, 0.4) is 0 Å². The van der Waals surface area contributed by atoms with Crippen LogP contribution in [0.5, 0.6) is 0 Å². The van der Waals surface area contributed by atoms with Gasteiger partial charge >= 0.3 is 5.69 Å². The third-order valence-corrected chi connectivity index (χ3v) is 4.18. The van der Waals surface area contributed by atoms with Crippen molar-refractivity contribution < 1.29 is 10.2 Å². The predicted octanol–water partition coefficient (Wildman–Crippen LogP) is 0.0978. The van der Waals surface area contributed by atoms with Crippen LogP contribution in [0, 0.1) is 0 Å². The first kappa shape index (κ1) is 13.0. The van der Waals surface area contributed by atoms with Gasteiger partial charge in [-0.25, -0.2) is 4.79 Å². The number of hydrogen-bond donors (Lipinski definition) is 3. The van der Waals surface area contributed by atoms with Gasteiger partial charge in [-0.15, -0.1) is 11.3 Å². The minimum Gasteiger partial charge on any atom is -0.388 e. The highest BCUT2D eigenvalue weighted by molar-refractivity contribution is 7.13. The van der Waals surface area contributed by atoms with Gasteiger partial charge in [-0.1, -0.05) is 18.2 Å². The van der Waals surface area contributed by atoms with Gasteiger partial charge in [0.05, 0.1) is 11.6 Å². The molecule has 2 aromatic rings. The van der Waals surface area contributed by atoms with Crippen molar-refractivity contribution in [2.24, 2.45) is 0 Å². The summed E-state index contributed by atoms with van der Waals surface area (Å²) < 4.78 is 1.23. The lowest BCUT2D eigenvalue weighted by atomic mass is 10.1. The molecule has 3 rings (SSSR count). The smallest absolute Gasteiger partial charge is 0.328 e. The van der Waals surface area contributed by atoms with Gasteiger partial charge in [-0.2, -0.15) is 0 Å². The first-order chi connectivity index (χ1) is 9.58. The lowest BCUT2D eigenvalue weighted by Gasteiger charge is -2.19. The van der Waals surface area contributed by atoms with Gasteiger partial charge in [-0.05, 0) is 11.4 Å². The molecule has 0 saturated heterocycles. The van der Waals surface area contributed by atoms with E-state index in [0.717, 1.165) is 4.88 Å². The molecule has 7 heteroatoms. The largest absolute Gasteiger partial charge is 0.388 e. The minimum atomic E-state index is -1.10. The van der Waals surface area contributed by atoms with E-state index in [4.69, 9.17) is 0 Å². The summed E-state index contributed by atoms with van der Waals surface area (Å²) >= 11 is 1.38. The first-order valence-electron chi connectivity index (χ1n) is 6.02. The zero-order chi connectivity index (χ0) is 14.3. The van der Waals surface area contributed by atoms with Gasteiger partial charge in [-0.3, -0.25) is 14.3 Å². The molecule has 0 saturated carbocycles. The molecule has 6 nitrogen and oxygen atoms in total. The van der Waals surface area contributed by atoms with Crippen molar-refractivity contribution in [3.8, 4) is 10.4 Å². The fourth-order valence-electron chi connectivity index (χ4n) is 2.23. The van der Waals surface area contributed by atoms with Crippen LogP contribution < -0.4 is 11.2 Å². The average molecular weight is 292 g/mol. The number of nitrogens with one attached hydrogen (secondary N) is 1. The second-order valence-electron chi connectivity index (χ2n) is 4.54. The molecule has 0 unspecified atom stereocenters. The molecule has 3 N–H and O–H groups in total. The van der Waals surface area contributed by atoms with E-state index in [1.807, 2.05) is 11.4 Å². The van der Waals surface area contributed by atoms with Gasteiger partial charge in [0.15, 0.2) is 0 Å². The predicted molar refractivity (Wildman–Crippen MR) is 74.8 cm³/mol. The molecule has 20 heavy (non-hydrogen) atoms. The maximum absolute atomic E-state index is 11.9. The van der Waals surface area contributed by atoms with E-state index in [2.05, 4.69) is 4.98 Å². The van der Waals surface area contributed by atoms with E-state index < -0.39 is 29.5 Å². The Morgan fingerprint density at radius 2 is 2.05 bits per heavy atom. The number of hydrogen-bond acceptors (Lipinski definition) is 5. The summed E-state index contributed by atoms with van der Waals surface area (Å²) in [6.45, 7) is 0. The molecule has 0 bridgehead atoms. The Morgan fingerprint density at radius 1 is 1.25 bits per heavy atom. The van der Waals surface area contributed by atoms with Crippen molar-refractivity contribution in [2.45, 2.75) is 18.2 Å². The fourth-order valence-corrected chi connectivity index (χ4v) is 2.96. The molecule has 0 radical (unpaired) electrons. The molecular formula is C13H12N2O4S. The number of nitrogens with zero attached hydrogens (tertiary/aromatic N) is 1. The van der Waals surface area contributed by atoms with Crippen LogP contribution in [-0.2, 0) is 0 Å². The van der Waals surface area contributed by atoms with Crippen molar-refractivity contribution in [1.82, 2.24) is 9.55 Å². The van der Waals surface area contributed by atoms with Crippen LogP contribution in [0.4, 0.5) is 0 Å². The quantitative estimate of drug-likeness (QED) is 0.684. The molecule has 1 aliphatic carbocycles. The van der Waals surface area contributed by atoms with Crippen LogP contribution in [0.15, 0.2) is 45.5 Å². The lowest BCUT2D eigenvalue weighted by molar-refractivity contribution is 0.0357. The molecule has 1 aliphatic rings. The summed E-state index contributed by atoms with van der Waals surface area (Å²) in [5, 5.41) is 21.2. The van der Waals surface area contributed by atoms with Crippen LogP contribution in [0.2, 0.25) is 0 Å². The molecule has 0 spiro atoms. The number of aromatic amines is 1. The minimum absolute atomic E-state index is 0.363. The van der Waals surface area contributed by atoms with Crippen molar-refractivity contribution in [3.05, 3.63) is 56.7 Å². The third-order valence-electron chi connectivity index (χ3n) is 3.28. The standard InChI is InChI=1S/C13H12N2O4S/c16-9-4-3-8(11(9)17)15-6-7(10-2-1-5-20-10)12(18)14-13(15)19/h1-6,8-9,11,16-17H,(H,14,18,19)/t8-,9-,11+/m1/s1. The topological polar surface area (TPSA) is 95.3 Å². The third kappa shape index (κ3) is 2.05. The number of aliphatic hydroxyl groups excluding tert-OH is 2. The van der Waals surface area contributed by atoms with E-state index in [9.17, 15) is 19.8 Å². The Kier molecular flexibility index (Phi) is 3.17. The maximum Gasteiger partial charge on any atom is 0.328 e. The summed E-state index contributed by atoms with van der Waals surface area (Å²) in [5.74, 6) is 0. The van der Waals surface area contributed by atoms with Crippen molar-refractivity contribution in [3.63, 3.8) is 0 Å². The van der Waals surface area contributed by atoms with Crippen molar-refractivity contribution in [1.29, 1.82) is 0 Å².